The number of benzene rings is 2. The van der Waals surface area contributed by atoms with Crippen LogP contribution in [0.5, 0.6) is 0 Å². The predicted octanol–water partition coefficient (Wildman–Crippen LogP) is 4.81. The van der Waals surface area contributed by atoms with Crippen molar-refractivity contribution in [1.82, 2.24) is 19.7 Å². The van der Waals surface area contributed by atoms with Gasteiger partial charge in [-0.05, 0) is 64.1 Å². The Morgan fingerprint density at radius 1 is 1.00 bits per heavy atom. The number of carbonyl (C=O) groups is 1. The van der Waals surface area contributed by atoms with Crippen molar-refractivity contribution in [2.75, 3.05) is 5.75 Å². The number of rotatable bonds is 7. The fourth-order valence-corrected chi connectivity index (χ4v) is 4.15. The minimum Gasteiger partial charge on any atom is -0.337 e. The Morgan fingerprint density at radius 2 is 1.62 bits per heavy atom. The van der Waals surface area contributed by atoms with Gasteiger partial charge in [0, 0.05) is 23.3 Å². The van der Waals surface area contributed by atoms with E-state index in [-0.39, 0.29) is 29.6 Å². The van der Waals surface area contributed by atoms with Gasteiger partial charge in [-0.2, -0.15) is 0 Å². The first-order chi connectivity index (χ1) is 13.9. The molecular formula is C22H25FN4OS. The van der Waals surface area contributed by atoms with Crippen molar-refractivity contribution >= 4 is 17.7 Å². The third-order valence-corrected chi connectivity index (χ3v) is 5.39. The van der Waals surface area contributed by atoms with E-state index in [0.29, 0.717) is 11.0 Å². The van der Waals surface area contributed by atoms with Crippen molar-refractivity contribution in [3.63, 3.8) is 0 Å². The van der Waals surface area contributed by atoms with E-state index in [1.165, 1.54) is 23.9 Å². The van der Waals surface area contributed by atoms with Crippen LogP contribution < -0.4 is 0 Å². The molecule has 0 fully saturated rings. The van der Waals surface area contributed by atoms with Crippen LogP contribution in [0, 0.1) is 5.82 Å². The van der Waals surface area contributed by atoms with E-state index in [1.54, 1.807) is 12.1 Å². The first-order valence-electron chi connectivity index (χ1n) is 9.59. The van der Waals surface area contributed by atoms with E-state index in [9.17, 15) is 9.18 Å². The van der Waals surface area contributed by atoms with Crippen LogP contribution in [0.15, 0.2) is 59.8 Å². The molecule has 0 spiro atoms. The van der Waals surface area contributed by atoms with E-state index in [0.717, 1.165) is 11.3 Å². The van der Waals surface area contributed by atoms with Gasteiger partial charge in [0.15, 0.2) is 11.0 Å². The third-order valence-electron chi connectivity index (χ3n) is 4.48. The molecular weight excluding hydrogens is 387 g/mol. The minimum atomic E-state index is -0.304. The summed E-state index contributed by atoms with van der Waals surface area (Å²) in [4.78, 5) is 14.6. The van der Waals surface area contributed by atoms with Crippen LogP contribution in [0.3, 0.4) is 0 Å². The zero-order valence-corrected chi connectivity index (χ0v) is 17.9. The lowest BCUT2D eigenvalue weighted by Crippen LogP contribution is -2.43. The number of hydrogen-bond donors (Lipinski definition) is 0. The molecule has 1 amide bonds. The molecule has 0 aliphatic rings. The fourth-order valence-electron chi connectivity index (χ4n) is 3.33. The van der Waals surface area contributed by atoms with E-state index in [1.807, 2.05) is 67.5 Å². The molecule has 0 saturated heterocycles. The maximum atomic E-state index is 13.4. The number of amides is 1. The molecule has 0 aliphatic heterocycles. The van der Waals surface area contributed by atoms with Crippen LogP contribution in [0.4, 0.5) is 4.39 Å². The maximum Gasteiger partial charge on any atom is 0.233 e. The smallest absolute Gasteiger partial charge is 0.233 e. The monoisotopic (exact) mass is 412 g/mol. The van der Waals surface area contributed by atoms with Crippen molar-refractivity contribution in [2.45, 2.75) is 44.9 Å². The number of carbonyl (C=O) groups excluding carboxylic acids is 1. The number of para-hydroxylation sites is 1. The van der Waals surface area contributed by atoms with Crippen molar-refractivity contribution in [3.05, 3.63) is 60.4 Å². The Balaban J connectivity index is 1.93. The lowest BCUT2D eigenvalue weighted by atomic mass is 10.2. The number of halogens is 1. The normalized spacial score (nSPS) is 11.3. The van der Waals surface area contributed by atoms with E-state index in [2.05, 4.69) is 10.2 Å². The fraction of sp³-hybridized carbons (Fsp3) is 0.318. The zero-order valence-electron chi connectivity index (χ0n) is 17.0. The molecule has 0 N–H and O–H groups in total. The standard InChI is InChI=1S/C22H25FN4OS/c1-15(2)26(16(3)4)20(28)14-29-22-25-24-21(17-10-12-18(23)13-11-17)27(22)19-8-6-5-7-9-19/h5-13,15-16H,14H2,1-4H3. The lowest BCUT2D eigenvalue weighted by Gasteiger charge is -2.30. The molecule has 29 heavy (non-hydrogen) atoms. The highest BCUT2D eigenvalue weighted by molar-refractivity contribution is 7.99. The topological polar surface area (TPSA) is 51.0 Å². The Kier molecular flexibility index (Phi) is 6.69. The molecule has 1 heterocycles. The van der Waals surface area contributed by atoms with Gasteiger partial charge in [-0.15, -0.1) is 10.2 Å². The van der Waals surface area contributed by atoms with Crippen LogP contribution >= 0.6 is 11.8 Å². The summed E-state index contributed by atoms with van der Waals surface area (Å²) in [6.45, 7) is 8.06. The molecule has 0 bridgehead atoms. The van der Waals surface area contributed by atoms with Crippen LogP contribution in [-0.2, 0) is 4.79 Å². The van der Waals surface area contributed by atoms with E-state index in [4.69, 9.17) is 0 Å². The summed E-state index contributed by atoms with van der Waals surface area (Å²) in [7, 11) is 0. The Hall–Kier alpha value is -2.67. The van der Waals surface area contributed by atoms with Gasteiger partial charge in [-0.25, -0.2) is 4.39 Å². The van der Waals surface area contributed by atoms with Gasteiger partial charge >= 0.3 is 0 Å². The SMILES string of the molecule is CC(C)N(C(=O)CSc1nnc(-c2ccc(F)cc2)n1-c1ccccc1)C(C)C. The average Bonchev–Trinajstić information content (AvgIpc) is 3.11. The van der Waals surface area contributed by atoms with Gasteiger partial charge in [0.05, 0.1) is 5.75 Å². The van der Waals surface area contributed by atoms with Crippen LogP contribution in [-0.4, -0.2) is 43.4 Å². The van der Waals surface area contributed by atoms with Crippen molar-refractivity contribution < 1.29 is 9.18 Å². The second kappa shape index (κ2) is 9.22. The Morgan fingerprint density at radius 3 is 2.21 bits per heavy atom. The van der Waals surface area contributed by atoms with Gasteiger partial charge in [-0.1, -0.05) is 30.0 Å². The molecule has 0 unspecified atom stereocenters. The largest absolute Gasteiger partial charge is 0.337 e. The molecule has 1 aromatic heterocycles. The number of nitrogens with zero attached hydrogens (tertiary/aromatic N) is 4. The Bertz CT molecular complexity index is 947. The molecule has 3 aromatic rings. The van der Waals surface area contributed by atoms with Crippen molar-refractivity contribution in [2.24, 2.45) is 0 Å². The van der Waals surface area contributed by atoms with Gasteiger partial charge in [0.2, 0.25) is 5.91 Å². The average molecular weight is 413 g/mol. The highest BCUT2D eigenvalue weighted by Gasteiger charge is 2.22. The molecule has 152 valence electrons. The molecule has 0 aliphatic carbocycles. The highest BCUT2D eigenvalue weighted by Crippen LogP contribution is 2.28. The maximum absolute atomic E-state index is 13.4. The molecule has 0 atom stereocenters. The van der Waals surface area contributed by atoms with Gasteiger partial charge in [0.1, 0.15) is 5.82 Å². The third kappa shape index (κ3) is 4.85. The summed E-state index contributed by atoms with van der Waals surface area (Å²) in [6.07, 6.45) is 0. The first-order valence-corrected chi connectivity index (χ1v) is 10.6. The Labute approximate surface area is 175 Å². The quantitative estimate of drug-likeness (QED) is 0.523. The van der Waals surface area contributed by atoms with Gasteiger partial charge in [0.25, 0.3) is 0 Å². The number of aromatic nitrogens is 3. The highest BCUT2D eigenvalue weighted by atomic mass is 32.2. The first kappa shape index (κ1) is 21.0. The van der Waals surface area contributed by atoms with E-state index < -0.39 is 0 Å². The molecule has 5 nitrogen and oxygen atoms in total. The molecule has 2 aromatic carbocycles. The predicted molar refractivity (Wildman–Crippen MR) is 115 cm³/mol. The van der Waals surface area contributed by atoms with Gasteiger partial charge in [-0.3, -0.25) is 9.36 Å². The summed E-state index contributed by atoms with van der Waals surface area (Å²) in [5.74, 6) is 0.633. The minimum absolute atomic E-state index is 0.0611. The van der Waals surface area contributed by atoms with Crippen molar-refractivity contribution in [3.8, 4) is 17.1 Å². The second-order valence-electron chi connectivity index (χ2n) is 7.26. The summed E-state index contributed by atoms with van der Waals surface area (Å²) in [5, 5.41) is 9.28. The molecule has 0 saturated carbocycles. The summed E-state index contributed by atoms with van der Waals surface area (Å²) in [5.41, 5.74) is 1.64. The second-order valence-corrected chi connectivity index (χ2v) is 8.20. The van der Waals surface area contributed by atoms with Gasteiger partial charge < -0.3 is 4.90 Å². The zero-order chi connectivity index (χ0) is 21.0. The summed E-state index contributed by atoms with van der Waals surface area (Å²) >= 11 is 1.36. The van der Waals surface area contributed by atoms with Crippen molar-refractivity contribution in [1.29, 1.82) is 0 Å². The van der Waals surface area contributed by atoms with E-state index >= 15 is 0 Å². The number of hydrogen-bond acceptors (Lipinski definition) is 4. The van der Waals surface area contributed by atoms with Crippen LogP contribution in [0.25, 0.3) is 17.1 Å². The van der Waals surface area contributed by atoms with Crippen LogP contribution in [0.2, 0.25) is 0 Å². The van der Waals surface area contributed by atoms with Crippen LogP contribution in [0.1, 0.15) is 27.7 Å². The number of thioether (sulfide) groups is 1. The lowest BCUT2D eigenvalue weighted by molar-refractivity contribution is -0.131. The molecule has 0 radical (unpaired) electrons. The summed E-state index contributed by atoms with van der Waals surface area (Å²) < 4.78 is 15.3. The summed E-state index contributed by atoms with van der Waals surface area (Å²) in [6, 6.07) is 16.1. The molecule has 3 rings (SSSR count). The molecule has 7 heteroatoms.